The van der Waals surface area contributed by atoms with E-state index in [-0.39, 0.29) is 23.0 Å². The summed E-state index contributed by atoms with van der Waals surface area (Å²) in [5.74, 6) is -0.209. The largest absolute Gasteiger partial charge is 0.308 e. The molecule has 0 aromatic heterocycles. The molecule has 2 nitrogen and oxygen atoms in total. The van der Waals surface area contributed by atoms with Crippen molar-refractivity contribution in [3.63, 3.8) is 0 Å². The van der Waals surface area contributed by atoms with E-state index in [1.807, 2.05) is 65.6 Å². The van der Waals surface area contributed by atoms with Crippen LogP contribution < -0.4 is 4.90 Å². The van der Waals surface area contributed by atoms with Gasteiger partial charge in [0.05, 0.1) is 0 Å². The molecule has 1 amide bonds. The van der Waals surface area contributed by atoms with E-state index in [9.17, 15) is 9.18 Å². The quantitative estimate of drug-likeness (QED) is 0.506. The second-order valence-electron chi connectivity index (χ2n) is 7.09. The molecule has 3 aromatic rings. The smallest absolute Gasteiger partial charge is 0.245 e. The second kappa shape index (κ2) is 8.19. The lowest BCUT2D eigenvalue weighted by Gasteiger charge is -2.37. The molecule has 0 bridgehead atoms. The molecule has 0 radical (unpaired) electrons. The predicted molar refractivity (Wildman–Crippen MR) is 113 cm³/mol. The van der Waals surface area contributed by atoms with Gasteiger partial charge in [0, 0.05) is 16.6 Å². The van der Waals surface area contributed by atoms with Crippen molar-refractivity contribution >= 4 is 23.4 Å². The Morgan fingerprint density at radius 3 is 2.43 bits per heavy atom. The molecule has 0 saturated heterocycles. The van der Waals surface area contributed by atoms with E-state index in [1.54, 1.807) is 23.9 Å². The first-order chi connectivity index (χ1) is 13.6. The van der Waals surface area contributed by atoms with Crippen molar-refractivity contribution < 1.29 is 9.18 Å². The summed E-state index contributed by atoms with van der Waals surface area (Å²) >= 11 is 1.56. The Hall–Kier alpha value is -2.59. The second-order valence-corrected chi connectivity index (χ2v) is 8.27. The molecule has 142 valence electrons. The Kier molecular flexibility index (Phi) is 5.49. The van der Waals surface area contributed by atoms with Gasteiger partial charge in [0.15, 0.2) is 0 Å². The van der Waals surface area contributed by atoms with Gasteiger partial charge in [-0.1, -0.05) is 48.5 Å². The Labute approximate surface area is 169 Å². The van der Waals surface area contributed by atoms with Gasteiger partial charge in [-0.2, -0.15) is 0 Å². The molecule has 0 spiro atoms. The average molecular weight is 392 g/mol. The fraction of sp³-hybridized carbons (Fsp3) is 0.208. The lowest BCUT2D eigenvalue weighted by atomic mass is 9.95. The third-order valence-corrected chi connectivity index (χ3v) is 6.39. The number of carbonyl (C=O) groups is 1. The molecular formula is C24H22FNOS. The number of fused-ring (bicyclic) bond motifs is 1. The number of rotatable bonds is 4. The fourth-order valence-electron chi connectivity index (χ4n) is 3.71. The number of amides is 1. The van der Waals surface area contributed by atoms with E-state index in [0.29, 0.717) is 0 Å². The maximum atomic E-state index is 13.8. The van der Waals surface area contributed by atoms with Gasteiger partial charge < -0.3 is 4.90 Å². The number of carbonyl (C=O) groups excluding carboxylic acids is 1. The first kappa shape index (κ1) is 18.8. The van der Waals surface area contributed by atoms with Crippen LogP contribution in [0, 0.1) is 5.82 Å². The third-order valence-electron chi connectivity index (χ3n) is 5.13. The lowest BCUT2D eigenvalue weighted by molar-refractivity contribution is -0.118. The van der Waals surface area contributed by atoms with Crippen molar-refractivity contribution in [2.45, 2.75) is 36.0 Å². The third kappa shape index (κ3) is 3.83. The molecule has 0 aliphatic carbocycles. The molecule has 3 aromatic carbocycles. The number of halogens is 1. The standard InChI is InChI=1S/C24H22FNOS/c1-17-12-13-19-16-20(25)14-15-22(19)26(17)24(27)23(18-8-4-2-5-9-18)28-21-10-6-3-7-11-21/h2-11,14-17,23H,12-13H2,1H3/t17-,23-/m0/s1. The summed E-state index contributed by atoms with van der Waals surface area (Å²) in [6, 6.07) is 24.7. The van der Waals surface area contributed by atoms with Gasteiger partial charge in [-0.15, -0.1) is 11.8 Å². The Bertz CT molecular complexity index is 961. The summed E-state index contributed by atoms with van der Waals surface area (Å²) in [7, 11) is 0. The number of aryl methyl sites for hydroxylation is 1. The minimum absolute atomic E-state index is 0.0418. The van der Waals surface area contributed by atoms with Crippen molar-refractivity contribution in [3.8, 4) is 0 Å². The Morgan fingerprint density at radius 1 is 1.04 bits per heavy atom. The van der Waals surface area contributed by atoms with E-state index in [2.05, 4.69) is 6.92 Å². The van der Waals surface area contributed by atoms with Gasteiger partial charge in [0.2, 0.25) is 5.91 Å². The van der Waals surface area contributed by atoms with Crippen LogP contribution in [-0.2, 0) is 11.2 Å². The Morgan fingerprint density at radius 2 is 1.71 bits per heavy atom. The predicted octanol–water partition coefficient (Wildman–Crippen LogP) is 6.03. The van der Waals surface area contributed by atoms with Crippen molar-refractivity contribution in [1.82, 2.24) is 0 Å². The summed E-state index contributed by atoms with van der Waals surface area (Å²) in [6.45, 7) is 2.07. The van der Waals surface area contributed by atoms with E-state index in [0.717, 1.165) is 34.6 Å². The van der Waals surface area contributed by atoms with E-state index >= 15 is 0 Å². The maximum absolute atomic E-state index is 13.8. The summed E-state index contributed by atoms with van der Waals surface area (Å²) in [4.78, 5) is 16.7. The van der Waals surface area contributed by atoms with Crippen LogP contribution in [0.3, 0.4) is 0 Å². The number of thioether (sulfide) groups is 1. The van der Waals surface area contributed by atoms with Crippen LogP contribution in [0.2, 0.25) is 0 Å². The molecule has 0 N–H and O–H groups in total. The summed E-state index contributed by atoms with van der Waals surface area (Å²) in [5.41, 5.74) is 2.71. The number of anilines is 1. The van der Waals surface area contributed by atoms with Gasteiger partial charge in [0.25, 0.3) is 0 Å². The van der Waals surface area contributed by atoms with Crippen LogP contribution in [0.5, 0.6) is 0 Å². The first-order valence-corrected chi connectivity index (χ1v) is 10.4. The van der Waals surface area contributed by atoms with Gasteiger partial charge in [0.1, 0.15) is 11.1 Å². The average Bonchev–Trinajstić information content (AvgIpc) is 2.73. The SMILES string of the molecule is C[C@H]1CCc2cc(F)ccc2N1C(=O)[C@@H](Sc1ccccc1)c1ccccc1. The zero-order chi connectivity index (χ0) is 19.5. The highest BCUT2D eigenvalue weighted by Crippen LogP contribution is 2.40. The van der Waals surface area contributed by atoms with Crippen molar-refractivity contribution in [2.24, 2.45) is 0 Å². The van der Waals surface area contributed by atoms with Gasteiger partial charge in [-0.3, -0.25) is 4.79 Å². The van der Waals surface area contributed by atoms with Crippen LogP contribution in [0.4, 0.5) is 10.1 Å². The van der Waals surface area contributed by atoms with Crippen molar-refractivity contribution in [2.75, 3.05) is 4.90 Å². The van der Waals surface area contributed by atoms with E-state index in [1.165, 1.54) is 6.07 Å². The molecule has 28 heavy (non-hydrogen) atoms. The zero-order valence-corrected chi connectivity index (χ0v) is 16.5. The van der Waals surface area contributed by atoms with Crippen LogP contribution in [0.1, 0.15) is 29.7 Å². The number of benzene rings is 3. The van der Waals surface area contributed by atoms with Crippen LogP contribution >= 0.6 is 11.8 Å². The molecular weight excluding hydrogens is 369 g/mol. The van der Waals surface area contributed by atoms with Crippen LogP contribution in [0.25, 0.3) is 0 Å². The molecule has 0 fully saturated rings. The van der Waals surface area contributed by atoms with Crippen molar-refractivity contribution in [3.05, 3.63) is 95.8 Å². The molecule has 4 heteroatoms. The Balaban J connectivity index is 1.73. The first-order valence-electron chi connectivity index (χ1n) is 9.51. The summed E-state index contributed by atoms with van der Waals surface area (Å²) in [6.07, 6.45) is 1.62. The van der Waals surface area contributed by atoms with Crippen LogP contribution in [-0.4, -0.2) is 11.9 Å². The van der Waals surface area contributed by atoms with Gasteiger partial charge in [-0.25, -0.2) is 4.39 Å². The molecule has 4 rings (SSSR count). The molecule has 1 aliphatic heterocycles. The highest BCUT2D eigenvalue weighted by atomic mass is 32.2. The normalized spacial score (nSPS) is 17.1. The fourth-order valence-corrected chi connectivity index (χ4v) is 4.80. The van der Waals surface area contributed by atoms with Gasteiger partial charge >= 0.3 is 0 Å². The highest BCUT2D eigenvalue weighted by Gasteiger charge is 2.34. The topological polar surface area (TPSA) is 20.3 Å². The molecule has 1 aliphatic rings. The van der Waals surface area contributed by atoms with Gasteiger partial charge in [-0.05, 0) is 61.2 Å². The maximum Gasteiger partial charge on any atom is 0.245 e. The number of hydrogen-bond donors (Lipinski definition) is 0. The summed E-state index contributed by atoms with van der Waals surface area (Å²) < 4.78 is 13.7. The lowest BCUT2D eigenvalue weighted by Crippen LogP contribution is -2.44. The van der Waals surface area contributed by atoms with Crippen molar-refractivity contribution in [1.29, 1.82) is 0 Å². The van der Waals surface area contributed by atoms with E-state index in [4.69, 9.17) is 0 Å². The minimum Gasteiger partial charge on any atom is -0.308 e. The molecule has 1 heterocycles. The number of hydrogen-bond acceptors (Lipinski definition) is 2. The zero-order valence-electron chi connectivity index (χ0n) is 15.7. The molecule has 2 atom stereocenters. The molecule has 0 unspecified atom stereocenters. The highest BCUT2D eigenvalue weighted by molar-refractivity contribution is 8.00. The van der Waals surface area contributed by atoms with Crippen LogP contribution in [0.15, 0.2) is 83.8 Å². The number of nitrogens with zero attached hydrogens (tertiary/aromatic N) is 1. The van der Waals surface area contributed by atoms with E-state index < -0.39 is 0 Å². The molecule has 0 saturated carbocycles. The minimum atomic E-state index is -0.359. The summed E-state index contributed by atoms with van der Waals surface area (Å²) in [5, 5.41) is -0.359. The monoisotopic (exact) mass is 391 g/mol.